The van der Waals surface area contributed by atoms with Crippen molar-refractivity contribution < 1.29 is 0 Å². The van der Waals surface area contributed by atoms with Crippen LogP contribution in [0.2, 0.25) is 10.0 Å². The largest absolute Gasteiger partial charge is 0.255 e. The third-order valence-corrected chi connectivity index (χ3v) is 3.19. The molecule has 0 aromatic carbocycles. The summed E-state index contributed by atoms with van der Waals surface area (Å²) in [5, 5.41) is 1.26. The number of nitrogens with zero attached hydrogens (tertiary/aromatic N) is 3. The van der Waals surface area contributed by atoms with Crippen molar-refractivity contribution >= 4 is 23.2 Å². The Morgan fingerprint density at radius 3 is 1.60 bits per heavy atom. The molecule has 5 heteroatoms. The van der Waals surface area contributed by atoms with Crippen LogP contribution in [0.15, 0.2) is 54.9 Å². The van der Waals surface area contributed by atoms with E-state index in [0.29, 0.717) is 10.0 Å². The molecule has 0 atom stereocenters. The zero-order valence-electron chi connectivity index (χ0n) is 10.3. The van der Waals surface area contributed by atoms with Crippen molar-refractivity contribution in [2.75, 3.05) is 0 Å². The maximum Gasteiger partial charge on any atom is 0.0901 e. The van der Waals surface area contributed by atoms with Gasteiger partial charge in [0.05, 0.1) is 22.8 Å². The molecule has 3 nitrogen and oxygen atoms in total. The van der Waals surface area contributed by atoms with Crippen molar-refractivity contribution in [3.63, 3.8) is 0 Å². The van der Waals surface area contributed by atoms with Crippen LogP contribution in [-0.2, 0) is 0 Å². The second-order valence-corrected chi connectivity index (χ2v) is 5.00. The van der Waals surface area contributed by atoms with Crippen LogP contribution in [0.5, 0.6) is 0 Å². The maximum absolute atomic E-state index is 5.97. The zero-order valence-corrected chi connectivity index (χ0v) is 11.8. The van der Waals surface area contributed by atoms with Crippen LogP contribution in [0.4, 0.5) is 0 Å². The summed E-state index contributed by atoms with van der Waals surface area (Å²) in [5.41, 5.74) is 2.93. The Morgan fingerprint density at radius 2 is 1.15 bits per heavy atom. The molecule has 0 N–H and O–H groups in total. The normalized spacial score (nSPS) is 10.5. The summed E-state index contributed by atoms with van der Waals surface area (Å²) in [6, 6.07) is 12.7. The summed E-state index contributed by atoms with van der Waals surface area (Å²) in [7, 11) is 0. The van der Waals surface area contributed by atoms with E-state index in [1.54, 1.807) is 36.7 Å². The van der Waals surface area contributed by atoms with Gasteiger partial charge in [-0.1, -0.05) is 29.3 Å². The highest BCUT2D eigenvalue weighted by atomic mass is 35.5. The van der Waals surface area contributed by atoms with Crippen LogP contribution in [0.1, 0.15) is 0 Å². The quantitative estimate of drug-likeness (QED) is 0.699. The summed E-state index contributed by atoms with van der Waals surface area (Å²) in [6.07, 6.45) is 3.31. The Labute approximate surface area is 126 Å². The zero-order chi connectivity index (χ0) is 13.9. The highest BCUT2D eigenvalue weighted by Crippen LogP contribution is 2.23. The van der Waals surface area contributed by atoms with Crippen LogP contribution in [0.25, 0.3) is 22.8 Å². The fraction of sp³-hybridized carbons (Fsp3) is 0. The fourth-order valence-electron chi connectivity index (χ4n) is 1.81. The van der Waals surface area contributed by atoms with Gasteiger partial charge < -0.3 is 0 Å². The van der Waals surface area contributed by atoms with Crippen LogP contribution >= 0.6 is 23.2 Å². The first-order valence-electron chi connectivity index (χ1n) is 5.93. The monoisotopic (exact) mass is 301 g/mol. The molecule has 0 aliphatic heterocycles. The second kappa shape index (κ2) is 5.57. The molecule has 20 heavy (non-hydrogen) atoms. The highest BCUT2D eigenvalue weighted by Gasteiger charge is 2.06. The Morgan fingerprint density at radius 1 is 0.650 bits per heavy atom. The lowest BCUT2D eigenvalue weighted by molar-refractivity contribution is 1.22. The topological polar surface area (TPSA) is 38.7 Å². The van der Waals surface area contributed by atoms with Crippen molar-refractivity contribution in [2.45, 2.75) is 0 Å². The Bertz CT molecular complexity index is 699. The molecular weight excluding hydrogens is 293 g/mol. The summed E-state index contributed by atoms with van der Waals surface area (Å²) >= 11 is 11.9. The predicted molar refractivity (Wildman–Crippen MR) is 80.7 cm³/mol. The fourth-order valence-corrected chi connectivity index (χ4v) is 2.13. The molecule has 3 aromatic heterocycles. The lowest BCUT2D eigenvalue weighted by Crippen LogP contribution is -1.91. The van der Waals surface area contributed by atoms with Gasteiger partial charge in [0.2, 0.25) is 0 Å². The lowest BCUT2D eigenvalue weighted by Gasteiger charge is -2.04. The number of pyridine rings is 3. The minimum Gasteiger partial charge on any atom is -0.255 e. The molecule has 3 aromatic rings. The average molecular weight is 302 g/mol. The van der Waals surface area contributed by atoms with Gasteiger partial charge in [0.1, 0.15) is 0 Å². The smallest absolute Gasteiger partial charge is 0.0901 e. The average Bonchev–Trinajstić information content (AvgIpc) is 2.47. The summed E-state index contributed by atoms with van der Waals surface area (Å²) in [4.78, 5) is 13.1. The number of hydrogen-bond donors (Lipinski definition) is 0. The van der Waals surface area contributed by atoms with Crippen molar-refractivity contribution in [3.8, 4) is 22.8 Å². The van der Waals surface area contributed by atoms with Crippen LogP contribution in [0.3, 0.4) is 0 Å². The van der Waals surface area contributed by atoms with E-state index in [4.69, 9.17) is 23.2 Å². The number of rotatable bonds is 2. The van der Waals surface area contributed by atoms with E-state index in [9.17, 15) is 0 Å². The van der Waals surface area contributed by atoms with Gasteiger partial charge >= 0.3 is 0 Å². The van der Waals surface area contributed by atoms with Gasteiger partial charge in [0.25, 0.3) is 0 Å². The highest BCUT2D eigenvalue weighted by molar-refractivity contribution is 6.31. The van der Waals surface area contributed by atoms with Crippen LogP contribution in [0, 0.1) is 0 Å². The molecule has 0 aliphatic carbocycles. The van der Waals surface area contributed by atoms with E-state index in [0.717, 1.165) is 22.8 Å². The van der Waals surface area contributed by atoms with Gasteiger partial charge in [-0.25, -0.2) is 4.98 Å². The first-order chi connectivity index (χ1) is 9.72. The lowest BCUT2D eigenvalue weighted by atomic mass is 10.2. The van der Waals surface area contributed by atoms with E-state index in [1.165, 1.54) is 0 Å². The molecule has 0 amide bonds. The number of hydrogen-bond acceptors (Lipinski definition) is 3. The Balaban J connectivity index is 2.06. The Kier molecular flexibility index (Phi) is 3.63. The van der Waals surface area contributed by atoms with Crippen LogP contribution < -0.4 is 0 Å². The van der Waals surface area contributed by atoms with Gasteiger partial charge in [0.15, 0.2) is 0 Å². The first-order valence-corrected chi connectivity index (χ1v) is 6.69. The third kappa shape index (κ3) is 2.79. The van der Waals surface area contributed by atoms with E-state index in [2.05, 4.69) is 15.0 Å². The minimum absolute atomic E-state index is 0.628. The van der Waals surface area contributed by atoms with Crippen molar-refractivity contribution in [3.05, 3.63) is 64.9 Å². The molecule has 0 saturated carbocycles. The molecule has 0 spiro atoms. The van der Waals surface area contributed by atoms with E-state index in [1.807, 2.05) is 18.2 Å². The predicted octanol–water partition coefficient (Wildman–Crippen LogP) is 4.51. The maximum atomic E-state index is 5.97. The molecule has 0 unspecified atom stereocenters. The van der Waals surface area contributed by atoms with Gasteiger partial charge in [-0.3, -0.25) is 9.97 Å². The molecule has 0 fully saturated rings. The summed E-state index contributed by atoms with van der Waals surface area (Å²) in [5.74, 6) is 0. The summed E-state index contributed by atoms with van der Waals surface area (Å²) in [6.45, 7) is 0. The SMILES string of the molecule is Clc1ccnc(-c2cccc(-c3cc(Cl)ccn3)n2)c1. The molecule has 0 aliphatic rings. The van der Waals surface area contributed by atoms with E-state index < -0.39 is 0 Å². The molecular formula is C15H9Cl2N3. The van der Waals surface area contributed by atoms with E-state index >= 15 is 0 Å². The molecule has 3 heterocycles. The molecule has 0 bridgehead atoms. The molecule has 98 valence electrons. The number of halogens is 2. The van der Waals surface area contributed by atoms with Crippen molar-refractivity contribution in [1.82, 2.24) is 15.0 Å². The summed E-state index contributed by atoms with van der Waals surface area (Å²) < 4.78 is 0. The standard InChI is InChI=1S/C15H9Cl2N3/c16-10-4-6-18-14(8-10)12-2-1-3-13(20-12)15-9-11(17)5-7-19-15/h1-9H. The third-order valence-electron chi connectivity index (χ3n) is 2.72. The Hall–Kier alpha value is -1.97. The van der Waals surface area contributed by atoms with Gasteiger partial charge in [-0.05, 0) is 36.4 Å². The second-order valence-electron chi connectivity index (χ2n) is 4.13. The molecule has 0 saturated heterocycles. The van der Waals surface area contributed by atoms with Crippen molar-refractivity contribution in [1.29, 1.82) is 0 Å². The van der Waals surface area contributed by atoms with Crippen molar-refractivity contribution in [2.24, 2.45) is 0 Å². The first kappa shape index (κ1) is 13.0. The minimum atomic E-state index is 0.628. The molecule has 0 radical (unpaired) electrons. The van der Waals surface area contributed by atoms with Crippen LogP contribution in [-0.4, -0.2) is 15.0 Å². The number of aromatic nitrogens is 3. The van der Waals surface area contributed by atoms with Gasteiger partial charge in [-0.2, -0.15) is 0 Å². The van der Waals surface area contributed by atoms with Gasteiger partial charge in [0, 0.05) is 22.4 Å². The molecule has 3 rings (SSSR count). The van der Waals surface area contributed by atoms with E-state index in [-0.39, 0.29) is 0 Å². The van der Waals surface area contributed by atoms with Gasteiger partial charge in [-0.15, -0.1) is 0 Å².